The number of hydrogen-bond donors (Lipinski definition) is 1. The van der Waals surface area contributed by atoms with E-state index < -0.39 is 0 Å². The number of rotatable bonds is 9. The highest BCUT2D eigenvalue weighted by Gasteiger charge is 2.24. The van der Waals surface area contributed by atoms with Crippen LogP contribution in [0.1, 0.15) is 42.6 Å². The van der Waals surface area contributed by atoms with Gasteiger partial charge in [0.15, 0.2) is 0 Å². The number of amides is 1. The third-order valence-electron chi connectivity index (χ3n) is 5.22. The molecule has 2 heterocycles. The Kier molecular flexibility index (Phi) is 8.24. The number of carbonyl (C=O) groups excluding carboxylic acids is 1. The fraction of sp³-hybridized carbons (Fsp3) is 0.565. The van der Waals surface area contributed by atoms with Crippen LogP contribution in [0.15, 0.2) is 24.3 Å². The van der Waals surface area contributed by atoms with E-state index >= 15 is 0 Å². The molecule has 7 heteroatoms. The second kappa shape index (κ2) is 10.9. The predicted molar refractivity (Wildman–Crippen MR) is 121 cm³/mol. The van der Waals surface area contributed by atoms with Gasteiger partial charge >= 0.3 is 0 Å². The van der Waals surface area contributed by atoms with Crippen molar-refractivity contribution in [3.05, 3.63) is 34.8 Å². The summed E-state index contributed by atoms with van der Waals surface area (Å²) in [7, 11) is 0. The molecule has 2 aromatic rings. The van der Waals surface area contributed by atoms with Crippen molar-refractivity contribution in [1.82, 2.24) is 15.2 Å². The molecule has 1 N–H and O–H groups in total. The average Bonchev–Trinajstić information content (AvgIpc) is 3.14. The molecule has 1 fully saturated rings. The molecular weight excluding hydrogens is 398 g/mol. The van der Waals surface area contributed by atoms with E-state index in [1.54, 1.807) is 0 Å². The maximum atomic E-state index is 12.9. The minimum Gasteiger partial charge on any atom is -0.494 e. The van der Waals surface area contributed by atoms with Gasteiger partial charge in [-0.1, -0.05) is 13.8 Å². The van der Waals surface area contributed by atoms with Crippen LogP contribution in [0.5, 0.6) is 5.75 Å². The zero-order chi connectivity index (χ0) is 21.5. The number of ether oxygens (including phenoxy) is 2. The van der Waals surface area contributed by atoms with Crippen molar-refractivity contribution in [2.24, 2.45) is 5.92 Å². The number of aryl methyl sites for hydroxylation is 1. The molecule has 1 aromatic carbocycles. The first kappa shape index (κ1) is 22.7. The summed E-state index contributed by atoms with van der Waals surface area (Å²) in [5.74, 6) is 1.38. The summed E-state index contributed by atoms with van der Waals surface area (Å²) in [6, 6.07) is 8.18. The third kappa shape index (κ3) is 6.03. The zero-order valence-electron chi connectivity index (χ0n) is 18.4. The lowest BCUT2D eigenvalue weighted by molar-refractivity contribution is 0.0125. The van der Waals surface area contributed by atoms with Gasteiger partial charge < -0.3 is 14.8 Å². The Hall–Kier alpha value is -1.96. The molecule has 164 valence electrons. The molecule has 1 saturated heterocycles. The van der Waals surface area contributed by atoms with E-state index in [4.69, 9.17) is 9.47 Å². The van der Waals surface area contributed by atoms with Gasteiger partial charge in [-0.2, -0.15) is 0 Å². The Morgan fingerprint density at radius 1 is 1.27 bits per heavy atom. The fourth-order valence-corrected chi connectivity index (χ4v) is 4.72. The Morgan fingerprint density at radius 2 is 1.97 bits per heavy atom. The summed E-state index contributed by atoms with van der Waals surface area (Å²) in [5.41, 5.74) is 1.77. The van der Waals surface area contributed by atoms with Crippen LogP contribution in [-0.2, 0) is 4.74 Å². The van der Waals surface area contributed by atoms with Crippen LogP contribution in [0.3, 0.4) is 0 Å². The van der Waals surface area contributed by atoms with Crippen molar-refractivity contribution in [2.75, 3.05) is 39.5 Å². The first-order chi connectivity index (χ1) is 14.5. The predicted octanol–water partition coefficient (Wildman–Crippen LogP) is 3.99. The number of aromatic nitrogens is 1. The van der Waals surface area contributed by atoms with Crippen LogP contribution in [0, 0.1) is 12.8 Å². The van der Waals surface area contributed by atoms with E-state index in [9.17, 15) is 4.79 Å². The number of thiazole rings is 1. The van der Waals surface area contributed by atoms with E-state index in [1.807, 2.05) is 38.1 Å². The van der Waals surface area contributed by atoms with Crippen LogP contribution >= 0.6 is 11.3 Å². The van der Waals surface area contributed by atoms with Gasteiger partial charge in [-0.05, 0) is 50.5 Å². The van der Waals surface area contributed by atoms with Gasteiger partial charge in [0, 0.05) is 31.2 Å². The van der Waals surface area contributed by atoms with Crippen molar-refractivity contribution in [1.29, 1.82) is 0 Å². The van der Waals surface area contributed by atoms with E-state index in [0.29, 0.717) is 30.0 Å². The summed E-state index contributed by atoms with van der Waals surface area (Å²) >= 11 is 1.44. The lowest BCUT2D eigenvalue weighted by Gasteiger charge is -2.35. The molecule has 1 aliphatic heterocycles. The van der Waals surface area contributed by atoms with Crippen molar-refractivity contribution >= 4 is 17.2 Å². The van der Waals surface area contributed by atoms with Crippen LogP contribution in [0.25, 0.3) is 10.6 Å². The molecule has 0 radical (unpaired) electrons. The van der Waals surface area contributed by atoms with Crippen molar-refractivity contribution < 1.29 is 14.3 Å². The largest absolute Gasteiger partial charge is 0.494 e. The molecule has 3 rings (SSSR count). The normalized spacial score (nSPS) is 15.9. The van der Waals surface area contributed by atoms with Gasteiger partial charge in [0.25, 0.3) is 5.91 Å². The van der Waals surface area contributed by atoms with Crippen LogP contribution in [0.2, 0.25) is 0 Å². The smallest absolute Gasteiger partial charge is 0.263 e. The molecule has 0 aliphatic carbocycles. The number of carbonyl (C=O) groups is 1. The zero-order valence-corrected chi connectivity index (χ0v) is 19.3. The monoisotopic (exact) mass is 431 g/mol. The van der Waals surface area contributed by atoms with E-state index in [2.05, 4.69) is 29.0 Å². The number of benzene rings is 1. The lowest BCUT2D eigenvalue weighted by Crippen LogP contribution is -2.49. The van der Waals surface area contributed by atoms with Crippen molar-refractivity contribution in [2.45, 2.75) is 40.2 Å². The van der Waals surface area contributed by atoms with Crippen LogP contribution in [-0.4, -0.2) is 61.3 Å². The summed E-state index contributed by atoms with van der Waals surface area (Å²) < 4.78 is 11.0. The highest BCUT2D eigenvalue weighted by molar-refractivity contribution is 7.17. The Bertz CT molecular complexity index is 814. The Morgan fingerprint density at radius 3 is 2.60 bits per heavy atom. The van der Waals surface area contributed by atoms with Gasteiger partial charge in [-0.25, -0.2) is 4.98 Å². The van der Waals surface area contributed by atoms with Crippen molar-refractivity contribution in [3.8, 4) is 16.3 Å². The summed E-state index contributed by atoms with van der Waals surface area (Å²) in [5, 5.41) is 4.02. The highest BCUT2D eigenvalue weighted by Crippen LogP contribution is 2.29. The molecule has 0 saturated carbocycles. The topological polar surface area (TPSA) is 63.7 Å². The number of nitrogens with zero attached hydrogens (tertiary/aromatic N) is 2. The quantitative estimate of drug-likeness (QED) is 0.650. The SMILES string of the molecule is CCOc1ccc(-c2nc(C)c(C(=O)NCC(CC(C)C)N3CCOCC3)s2)cc1. The fourth-order valence-electron chi connectivity index (χ4n) is 3.73. The molecule has 1 aliphatic rings. The lowest BCUT2D eigenvalue weighted by atomic mass is 10.0. The molecule has 0 bridgehead atoms. The summed E-state index contributed by atoms with van der Waals surface area (Å²) in [6.07, 6.45) is 1.05. The number of morpholine rings is 1. The standard InChI is InChI=1S/C23H33N3O3S/c1-5-29-20-8-6-18(7-9-20)23-25-17(4)21(30-23)22(27)24-15-19(14-16(2)3)26-10-12-28-13-11-26/h6-9,16,19H,5,10-15H2,1-4H3,(H,24,27). The van der Waals surface area contributed by atoms with E-state index in [-0.39, 0.29) is 5.91 Å². The van der Waals surface area contributed by atoms with Crippen molar-refractivity contribution in [3.63, 3.8) is 0 Å². The third-order valence-corrected chi connectivity index (χ3v) is 6.42. The average molecular weight is 432 g/mol. The maximum Gasteiger partial charge on any atom is 0.263 e. The molecule has 1 amide bonds. The van der Waals surface area contributed by atoms with Gasteiger partial charge in [0.1, 0.15) is 15.6 Å². The van der Waals surface area contributed by atoms with Gasteiger partial charge in [0.05, 0.1) is 25.5 Å². The summed E-state index contributed by atoms with van der Waals surface area (Å²) in [4.78, 5) is 20.7. The van der Waals surface area contributed by atoms with Gasteiger partial charge in [-0.15, -0.1) is 11.3 Å². The van der Waals surface area contributed by atoms with E-state index in [1.165, 1.54) is 11.3 Å². The van der Waals surface area contributed by atoms with Crippen LogP contribution in [0.4, 0.5) is 0 Å². The number of hydrogen-bond acceptors (Lipinski definition) is 6. The molecule has 6 nitrogen and oxygen atoms in total. The first-order valence-electron chi connectivity index (χ1n) is 10.8. The highest BCUT2D eigenvalue weighted by atomic mass is 32.1. The molecule has 1 unspecified atom stereocenters. The first-order valence-corrected chi connectivity index (χ1v) is 11.6. The molecule has 1 atom stereocenters. The molecule has 0 spiro atoms. The number of nitrogens with one attached hydrogen (secondary N) is 1. The minimum atomic E-state index is -0.0378. The minimum absolute atomic E-state index is 0.0378. The molecule has 1 aromatic heterocycles. The van der Waals surface area contributed by atoms with Crippen LogP contribution < -0.4 is 10.1 Å². The molecular formula is C23H33N3O3S. The van der Waals surface area contributed by atoms with E-state index in [0.717, 1.165) is 54.7 Å². The second-order valence-electron chi connectivity index (χ2n) is 8.03. The van der Waals surface area contributed by atoms with Gasteiger partial charge in [-0.3, -0.25) is 9.69 Å². The second-order valence-corrected chi connectivity index (χ2v) is 9.03. The maximum absolute atomic E-state index is 12.9. The Balaban J connectivity index is 1.65. The molecule has 30 heavy (non-hydrogen) atoms. The van der Waals surface area contributed by atoms with Gasteiger partial charge in [0.2, 0.25) is 0 Å². The summed E-state index contributed by atoms with van der Waals surface area (Å²) in [6.45, 7) is 13.0. The Labute approximate surface area is 183 Å².